The molecule has 0 unspecified atom stereocenters. The number of rotatable bonds is 3. The van der Waals surface area contributed by atoms with Gasteiger partial charge in [-0.3, -0.25) is 4.57 Å². The number of carbonyl (C=O) groups excluding carboxylic acids is 1. The number of aromatic nitrogens is 2. The number of nitrogens with zero attached hydrogens (tertiary/aromatic N) is 2. The number of nitrogens with one attached hydrogen (secondary N) is 1. The summed E-state index contributed by atoms with van der Waals surface area (Å²) in [5.74, 6) is 0. The highest BCUT2D eigenvalue weighted by atomic mass is 16.2. The average Bonchev–Trinajstić information content (AvgIpc) is 2.69. The molecule has 1 aromatic heterocycles. The maximum absolute atomic E-state index is 11.6. The van der Waals surface area contributed by atoms with Crippen LogP contribution in [0.3, 0.4) is 0 Å². The summed E-state index contributed by atoms with van der Waals surface area (Å²) in [6.45, 7) is 2.99. The fraction of sp³-hybridized carbons (Fsp3) is 0.636. The largest absolute Gasteiger partial charge is 0.337 e. The van der Waals surface area contributed by atoms with E-state index in [-0.39, 0.29) is 6.03 Å². The molecule has 1 aromatic rings. The van der Waals surface area contributed by atoms with Crippen LogP contribution in [0.15, 0.2) is 18.7 Å². The summed E-state index contributed by atoms with van der Waals surface area (Å²) in [5, 5.41) is 2.96. The van der Waals surface area contributed by atoms with Gasteiger partial charge < -0.3 is 5.32 Å². The van der Waals surface area contributed by atoms with Gasteiger partial charge in [-0.1, -0.05) is 13.3 Å². The Morgan fingerprint density at radius 3 is 2.87 bits per heavy atom. The molecule has 0 radical (unpaired) electrons. The van der Waals surface area contributed by atoms with Crippen LogP contribution in [0.5, 0.6) is 0 Å². The van der Waals surface area contributed by atoms with Gasteiger partial charge in [0.2, 0.25) is 0 Å². The summed E-state index contributed by atoms with van der Waals surface area (Å²) in [6.07, 6.45) is 9.73. The molecule has 0 aliphatic heterocycles. The zero-order chi connectivity index (χ0) is 10.7. The molecule has 82 valence electrons. The molecule has 4 nitrogen and oxygen atoms in total. The predicted octanol–water partition coefficient (Wildman–Crippen LogP) is 2.02. The molecule has 1 saturated carbocycles. The van der Waals surface area contributed by atoms with Gasteiger partial charge in [-0.2, -0.15) is 0 Å². The van der Waals surface area contributed by atoms with Crippen molar-refractivity contribution in [3.8, 4) is 0 Å². The van der Waals surface area contributed by atoms with Gasteiger partial charge in [0, 0.05) is 18.9 Å². The van der Waals surface area contributed by atoms with Crippen LogP contribution in [0, 0.1) is 5.41 Å². The highest BCUT2D eigenvalue weighted by Crippen LogP contribution is 2.42. The van der Waals surface area contributed by atoms with Crippen LogP contribution in [0.1, 0.15) is 32.6 Å². The van der Waals surface area contributed by atoms with Gasteiger partial charge >= 0.3 is 6.03 Å². The van der Waals surface area contributed by atoms with E-state index >= 15 is 0 Å². The molecule has 0 bridgehead atoms. The Morgan fingerprint density at radius 2 is 2.40 bits per heavy atom. The summed E-state index contributed by atoms with van der Waals surface area (Å²) in [7, 11) is 0. The van der Waals surface area contributed by atoms with Gasteiger partial charge in [-0.15, -0.1) is 0 Å². The number of imidazole rings is 1. The van der Waals surface area contributed by atoms with Crippen molar-refractivity contribution in [3.05, 3.63) is 18.7 Å². The molecule has 2 rings (SSSR count). The molecule has 1 heterocycles. The maximum atomic E-state index is 11.6. The molecule has 0 saturated heterocycles. The van der Waals surface area contributed by atoms with E-state index in [4.69, 9.17) is 0 Å². The molecule has 0 aromatic carbocycles. The minimum Gasteiger partial charge on any atom is -0.337 e. The van der Waals surface area contributed by atoms with E-state index in [1.807, 2.05) is 0 Å². The van der Waals surface area contributed by atoms with Crippen molar-refractivity contribution in [2.45, 2.75) is 32.6 Å². The third-order valence-electron chi connectivity index (χ3n) is 3.52. The lowest BCUT2D eigenvalue weighted by atomic mass is 9.67. The maximum Gasteiger partial charge on any atom is 0.326 e. The van der Waals surface area contributed by atoms with Crippen molar-refractivity contribution >= 4 is 6.03 Å². The van der Waals surface area contributed by atoms with Gasteiger partial charge in [0.05, 0.1) is 0 Å². The van der Waals surface area contributed by atoms with Crippen LogP contribution in [0.2, 0.25) is 0 Å². The molecule has 4 heteroatoms. The molecular formula is C11H17N3O. The second-order valence-electron chi connectivity index (χ2n) is 4.34. The van der Waals surface area contributed by atoms with E-state index in [1.54, 1.807) is 12.4 Å². The Kier molecular flexibility index (Phi) is 2.75. The van der Waals surface area contributed by atoms with Crippen molar-refractivity contribution < 1.29 is 4.79 Å². The van der Waals surface area contributed by atoms with Gasteiger partial charge in [0.25, 0.3) is 0 Å². The monoisotopic (exact) mass is 207 g/mol. The minimum atomic E-state index is -0.0766. The Hall–Kier alpha value is -1.32. The molecule has 1 fully saturated rings. The van der Waals surface area contributed by atoms with Crippen molar-refractivity contribution in [3.63, 3.8) is 0 Å². The Morgan fingerprint density at radius 1 is 1.60 bits per heavy atom. The van der Waals surface area contributed by atoms with E-state index in [0.29, 0.717) is 5.41 Å². The molecule has 1 amide bonds. The number of hydrogen-bond donors (Lipinski definition) is 1. The van der Waals surface area contributed by atoms with Crippen LogP contribution >= 0.6 is 0 Å². The van der Waals surface area contributed by atoms with E-state index in [0.717, 1.165) is 13.0 Å². The normalized spacial score (nSPS) is 18.2. The van der Waals surface area contributed by atoms with Crippen molar-refractivity contribution in [1.29, 1.82) is 0 Å². The average molecular weight is 207 g/mol. The van der Waals surface area contributed by atoms with Crippen LogP contribution in [-0.4, -0.2) is 22.1 Å². The first-order chi connectivity index (χ1) is 7.26. The molecular weight excluding hydrogens is 190 g/mol. The van der Waals surface area contributed by atoms with Gasteiger partial charge in [-0.25, -0.2) is 9.78 Å². The lowest BCUT2D eigenvalue weighted by Gasteiger charge is -2.41. The highest BCUT2D eigenvalue weighted by Gasteiger charge is 2.35. The smallest absolute Gasteiger partial charge is 0.326 e. The highest BCUT2D eigenvalue weighted by molar-refractivity contribution is 5.76. The molecule has 1 aliphatic carbocycles. The van der Waals surface area contributed by atoms with Crippen LogP contribution in [0.4, 0.5) is 4.79 Å². The fourth-order valence-corrected chi connectivity index (χ4v) is 2.07. The fourth-order valence-electron chi connectivity index (χ4n) is 2.07. The van der Waals surface area contributed by atoms with E-state index in [1.165, 1.54) is 30.2 Å². The minimum absolute atomic E-state index is 0.0766. The number of hydrogen-bond acceptors (Lipinski definition) is 2. The molecule has 1 aliphatic rings. The van der Waals surface area contributed by atoms with Gasteiger partial charge in [0.1, 0.15) is 6.33 Å². The third-order valence-corrected chi connectivity index (χ3v) is 3.52. The predicted molar refractivity (Wildman–Crippen MR) is 57.6 cm³/mol. The molecule has 0 atom stereocenters. The molecule has 0 spiro atoms. The molecule has 15 heavy (non-hydrogen) atoms. The summed E-state index contributed by atoms with van der Waals surface area (Å²) in [4.78, 5) is 15.5. The lowest BCUT2D eigenvalue weighted by Crippen LogP contribution is -2.42. The Labute approximate surface area is 89.7 Å². The summed E-state index contributed by atoms with van der Waals surface area (Å²) in [6, 6.07) is -0.0766. The Bertz CT molecular complexity index is 322. The first-order valence-corrected chi connectivity index (χ1v) is 5.52. The number of carbonyl (C=O) groups is 1. The lowest BCUT2D eigenvalue weighted by molar-refractivity contribution is 0.126. The zero-order valence-electron chi connectivity index (χ0n) is 9.07. The SMILES string of the molecule is CCC1(CNC(=O)n2ccnc2)CCC1. The van der Waals surface area contributed by atoms with Crippen molar-refractivity contribution in [2.24, 2.45) is 5.41 Å². The second-order valence-corrected chi connectivity index (χ2v) is 4.34. The van der Waals surface area contributed by atoms with Crippen molar-refractivity contribution in [1.82, 2.24) is 14.9 Å². The van der Waals surface area contributed by atoms with Crippen LogP contribution < -0.4 is 5.32 Å². The van der Waals surface area contributed by atoms with E-state index < -0.39 is 0 Å². The van der Waals surface area contributed by atoms with Crippen LogP contribution in [-0.2, 0) is 0 Å². The number of amides is 1. The Balaban J connectivity index is 1.85. The van der Waals surface area contributed by atoms with Crippen LogP contribution in [0.25, 0.3) is 0 Å². The first kappa shape index (κ1) is 10.2. The first-order valence-electron chi connectivity index (χ1n) is 5.52. The van der Waals surface area contributed by atoms with E-state index in [9.17, 15) is 4.79 Å². The quantitative estimate of drug-likeness (QED) is 0.824. The summed E-state index contributed by atoms with van der Waals surface area (Å²) in [5.41, 5.74) is 0.371. The third kappa shape index (κ3) is 2.03. The van der Waals surface area contributed by atoms with Gasteiger partial charge in [0.15, 0.2) is 0 Å². The van der Waals surface area contributed by atoms with Gasteiger partial charge in [-0.05, 0) is 24.7 Å². The standard InChI is InChI=1S/C11H17N3O/c1-2-11(4-3-5-11)8-13-10(15)14-7-6-12-9-14/h6-7,9H,2-5,8H2,1H3,(H,13,15). The second kappa shape index (κ2) is 4.04. The van der Waals surface area contributed by atoms with E-state index in [2.05, 4.69) is 17.2 Å². The molecule has 1 N–H and O–H groups in total. The topological polar surface area (TPSA) is 46.9 Å². The summed E-state index contributed by atoms with van der Waals surface area (Å²) < 4.78 is 1.47. The zero-order valence-corrected chi connectivity index (χ0v) is 9.07. The summed E-state index contributed by atoms with van der Waals surface area (Å²) >= 11 is 0. The van der Waals surface area contributed by atoms with Crippen molar-refractivity contribution in [2.75, 3.05) is 6.54 Å².